The second-order valence-electron chi connectivity index (χ2n) is 5.74. The summed E-state index contributed by atoms with van der Waals surface area (Å²) in [7, 11) is 0. The first-order valence-corrected chi connectivity index (χ1v) is 7.59. The van der Waals surface area contributed by atoms with Gasteiger partial charge in [-0.3, -0.25) is 0 Å². The lowest BCUT2D eigenvalue weighted by Gasteiger charge is -2.09. The highest BCUT2D eigenvalue weighted by Crippen LogP contribution is 2.39. The van der Waals surface area contributed by atoms with Gasteiger partial charge in [0.15, 0.2) is 0 Å². The van der Waals surface area contributed by atoms with Crippen molar-refractivity contribution in [3.8, 4) is 11.1 Å². The molecular formula is C20H18N2. The van der Waals surface area contributed by atoms with E-state index in [4.69, 9.17) is 0 Å². The number of H-pyrrole nitrogens is 1. The van der Waals surface area contributed by atoms with Gasteiger partial charge < -0.3 is 10.3 Å². The van der Waals surface area contributed by atoms with Crippen LogP contribution in [0.15, 0.2) is 60.8 Å². The zero-order valence-electron chi connectivity index (χ0n) is 12.6. The van der Waals surface area contributed by atoms with Crippen LogP contribution in [0.1, 0.15) is 16.8 Å². The Morgan fingerprint density at radius 3 is 2.59 bits per heavy atom. The van der Waals surface area contributed by atoms with Gasteiger partial charge in [0.1, 0.15) is 0 Å². The van der Waals surface area contributed by atoms with Crippen LogP contribution in [-0.2, 0) is 0 Å². The lowest BCUT2D eigenvalue weighted by Crippen LogP contribution is -1.91. The fourth-order valence-corrected chi connectivity index (χ4v) is 3.04. The lowest BCUT2D eigenvalue weighted by molar-refractivity contribution is 1.37. The van der Waals surface area contributed by atoms with E-state index >= 15 is 0 Å². The summed E-state index contributed by atoms with van der Waals surface area (Å²) >= 11 is 0. The molecule has 2 N–H and O–H groups in total. The standard InChI is InChI=1S/C20H18N2/c1-14-7-9-15(10-8-14)18-5-2-6-19-20(18)16(13-22-19)12-17-4-3-11-21-17/h2-12,21-22H,13H2,1H3/b16-12+. The normalized spacial score (nSPS) is 14.9. The molecule has 22 heavy (non-hydrogen) atoms. The van der Waals surface area contributed by atoms with Crippen molar-refractivity contribution in [3.05, 3.63) is 77.6 Å². The molecule has 0 aliphatic carbocycles. The Morgan fingerprint density at radius 2 is 1.82 bits per heavy atom. The Balaban J connectivity index is 1.86. The summed E-state index contributed by atoms with van der Waals surface area (Å²) in [5.41, 5.74) is 8.86. The Morgan fingerprint density at radius 1 is 0.955 bits per heavy atom. The van der Waals surface area contributed by atoms with E-state index < -0.39 is 0 Å². The number of hydrogen-bond donors (Lipinski definition) is 2. The van der Waals surface area contributed by atoms with E-state index in [2.05, 4.69) is 71.8 Å². The van der Waals surface area contributed by atoms with E-state index in [0.717, 1.165) is 12.2 Å². The fourth-order valence-electron chi connectivity index (χ4n) is 3.04. The Kier molecular flexibility index (Phi) is 3.08. The number of anilines is 1. The van der Waals surface area contributed by atoms with Crippen molar-refractivity contribution in [3.63, 3.8) is 0 Å². The average molecular weight is 286 g/mol. The third-order valence-electron chi connectivity index (χ3n) is 4.17. The highest BCUT2D eigenvalue weighted by atomic mass is 14.9. The number of nitrogens with one attached hydrogen (secondary N) is 2. The topological polar surface area (TPSA) is 27.8 Å². The second-order valence-corrected chi connectivity index (χ2v) is 5.74. The van der Waals surface area contributed by atoms with E-state index in [0.29, 0.717) is 0 Å². The molecule has 3 aromatic rings. The van der Waals surface area contributed by atoms with Crippen molar-refractivity contribution < 1.29 is 0 Å². The molecule has 0 bridgehead atoms. The van der Waals surface area contributed by atoms with Gasteiger partial charge in [-0.25, -0.2) is 0 Å². The maximum Gasteiger partial charge on any atom is 0.0426 e. The highest BCUT2D eigenvalue weighted by Gasteiger charge is 2.19. The average Bonchev–Trinajstić information content (AvgIpc) is 3.19. The zero-order valence-corrected chi connectivity index (χ0v) is 12.6. The van der Waals surface area contributed by atoms with Crippen molar-refractivity contribution in [2.24, 2.45) is 0 Å². The molecular weight excluding hydrogens is 268 g/mol. The highest BCUT2D eigenvalue weighted by molar-refractivity contribution is 5.99. The summed E-state index contributed by atoms with van der Waals surface area (Å²) in [4.78, 5) is 3.26. The van der Waals surface area contributed by atoms with E-state index in [1.54, 1.807) is 0 Å². The van der Waals surface area contributed by atoms with Gasteiger partial charge >= 0.3 is 0 Å². The van der Waals surface area contributed by atoms with Crippen LogP contribution in [0, 0.1) is 6.92 Å². The number of hydrogen-bond acceptors (Lipinski definition) is 1. The second kappa shape index (κ2) is 5.23. The molecule has 0 saturated heterocycles. The summed E-state index contributed by atoms with van der Waals surface area (Å²) in [6.07, 6.45) is 4.19. The fraction of sp³-hybridized carbons (Fsp3) is 0.100. The summed E-state index contributed by atoms with van der Waals surface area (Å²) in [5, 5.41) is 3.50. The van der Waals surface area contributed by atoms with Crippen LogP contribution in [0.5, 0.6) is 0 Å². The largest absolute Gasteiger partial charge is 0.380 e. The molecule has 0 saturated carbocycles. The number of aryl methyl sites for hydroxylation is 1. The minimum absolute atomic E-state index is 0.872. The van der Waals surface area contributed by atoms with Crippen molar-refractivity contribution in [2.75, 3.05) is 11.9 Å². The molecule has 0 radical (unpaired) electrons. The number of fused-ring (bicyclic) bond motifs is 1. The quantitative estimate of drug-likeness (QED) is 0.685. The molecule has 0 unspecified atom stereocenters. The van der Waals surface area contributed by atoms with Gasteiger partial charge in [-0.05, 0) is 47.9 Å². The SMILES string of the molecule is Cc1ccc(-c2cccc3c2/C(=C/c2ccc[nH]2)CN3)cc1. The molecule has 2 nitrogen and oxygen atoms in total. The van der Waals surface area contributed by atoms with Crippen molar-refractivity contribution >= 4 is 17.3 Å². The Labute approximate surface area is 130 Å². The van der Waals surface area contributed by atoms with E-state index in [1.807, 2.05) is 12.3 Å². The lowest BCUT2D eigenvalue weighted by atomic mass is 9.94. The molecule has 0 fully saturated rings. The van der Waals surface area contributed by atoms with Crippen LogP contribution in [0.2, 0.25) is 0 Å². The maximum absolute atomic E-state index is 3.50. The van der Waals surface area contributed by atoms with Gasteiger partial charge in [-0.2, -0.15) is 0 Å². The molecule has 108 valence electrons. The van der Waals surface area contributed by atoms with Crippen molar-refractivity contribution in [1.82, 2.24) is 4.98 Å². The van der Waals surface area contributed by atoms with Crippen LogP contribution in [-0.4, -0.2) is 11.5 Å². The number of benzene rings is 2. The van der Waals surface area contributed by atoms with Gasteiger partial charge in [-0.1, -0.05) is 42.0 Å². The van der Waals surface area contributed by atoms with Crippen LogP contribution in [0.4, 0.5) is 5.69 Å². The minimum Gasteiger partial charge on any atom is -0.380 e. The molecule has 1 aliphatic rings. The van der Waals surface area contributed by atoms with Gasteiger partial charge in [0, 0.05) is 29.7 Å². The maximum atomic E-state index is 3.50. The summed E-state index contributed by atoms with van der Waals surface area (Å²) < 4.78 is 0. The molecule has 0 atom stereocenters. The van der Waals surface area contributed by atoms with Crippen molar-refractivity contribution in [2.45, 2.75) is 6.92 Å². The Hall–Kier alpha value is -2.74. The zero-order chi connectivity index (χ0) is 14.9. The van der Waals surface area contributed by atoms with E-state index in [9.17, 15) is 0 Å². The summed E-state index contributed by atoms with van der Waals surface area (Å²) in [6, 6.07) is 19.4. The van der Waals surface area contributed by atoms with Crippen LogP contribution < -0.4 is 5.32 Å². The first kappa shape index (κ1) is 13.0. The molecule has 0 amide bonds. The van der Waals surface area contributed by atoms with E-state index in [-0.39, 0.29) is 0 Å². The van der Waals surface area contributed by atoms with Crippen LogP contribution in [0.3, 0.4) is 0 Å². The molecule has 0 spiro atoms. The van der Waals surface area contributed by atoms with Gasteiger partial charge in [0.05, 0.1) is 0 Å². The van der Waals surface area contributed by atoms with E-state index in [1.165, 1.54) is 33.5 Å². The first-order valence-electron chi connectivity index (χ1n) is 7.59. The number of aromatic nitrogens is 1. The van der Waals surface area contributed by atoms with Crippen molar-refractivity contribution in [1.29, 1.82) is 0 Å². The molecule has 2 heteroatoms. The first-order chi connectivity index (χ1) is 10.8. The molecule has 1 aromatic heterocycles. The molecule has 4 rings (SSSR count). The predicted molar refractivity (Wildman–Crippen MR) is 93.8 cm³/mol. The summed E-state index contributed by atoms with van der Waals surface area (Å²) in [6.45, 7) is 2.99. The summed E-state index contributed by atoms with van der Waals surface area (Å²) in [5.74, 6) is 0. The molecule has 1 aliphatic heterocycles. The third-order valence-corrected chi connectivity index (χ3v) is 4.17. The minimum atomic E-state index is 0.872. The van der Waals surface area contributed by atoms with Gasteiger partial charge in [0.25, 0.3) is 0 Å². The van der Waals surface area contributed by atoms with Crippen LogP contribution >= 0.6 is 0 Å². The third kappa shape index (κ3) is 2.23. The van der Waals surface area contributed by atoms with Gasteiger partial charge in [0.2, 0.25) is 0 Å². The predicted octanol–water partition coefficient (Wildman–Crippen LogP) is 4.96. The monoisotopic (exact) mass is 286 g/mol. The van der Waals surface area contributed by atoms with Crippen LogP contribution in [0.25, 0.3) is 22.8 Å². The molecule has 2 aromatic carbocycles. The smallest absolute Gasteiger partial charge is 0.0426 e. The number of rotatable bonds is 2. The number of aromatic amines is 1. The van der Waals surface area contributed by atoms with Gasteiger partial charge in [-0.15, -0.1) is 0 Å². The Bertz CT molecular complexity index is 825. The molecule has 2 heterocycles.